The zero-order valence-electron chi connectivity index (χ0n) is 17.0. The molecule has 0 aliphatic rings. The number of hydrogen-bond donors (Lipinski definition) is 2. The Balaban J connectivity index is 1.69. The SMILES string of the molecule is Cc1ccc(C(F)(F)F)cc1Nc1nc(C(=O)NS(=O)(=O)N(C)Cc2ccccc2)co1. The second kappa shape index (κ2) is 9.01. The van der Waals surface area contributed by atoms with Gasteiger partial charge in [-0.3, -0.25) is 4.79 Å². The molecule has 0 radical (unpaired) electrons. The highest BCUT2D eigenvalue weighted by atomic mass is 32.2. The highest BCUT2D eigenvalue weighted by Crippen LogP contribution is 2.32. The molecule has 2 N–H and O–H groups in total. The van der Waals surface area contributed by atoms with Crippen LogP contribution in [0.3, 0.4) is 0 Å². The highest BCUT2D eigenvalue weighted by Gasteiger charge is 2.31. The van der Waals surface area contributed by atoms with Crippen molar-refractivity contribution >= 4 is 27.8 Å². The third kappa shape index (κ3) is 5.65. The molecule has 2 aromatic carbocycles. The first kappa shape index (κ1) is 23.3. The van der Waals surface area contributed by atoms with Crippen LogP contribution in [-0.4, -0.2) is 30.7 Å². The van der Waals surface area contributed by atoms with Crippen molar-refractivity contribution in [1.29, 1.82) is 0 Å². The standard InChI is InChI=1S/C20H19F3N4O4S/c1-13-8-9-15(20(21,22)23)10-16(13)24-19-25-17(12-31-19)18(28)26-32(29,30)27(2)11-14-6-4-3-5-7-14/h3-10,12H,11H2,1-2H3,(H,24,25)(H,26,28). The van der Waals surface area contributed by atoms with Crippen LogP contribution >= 0.6 is 0 Å². The van der Waals surface area contributed by atoms with Crippen LogP contribution in [0.2, 0.25) is 0 Å². The Morgan fingerprint density at radius 3 is 2.50 bits per heavy atom. The van der Waals surface area contributed by atoms with E-state index >= 15 is 0 Å². The van der Waals surface area contributed by atoms with Gasteiger partial charge in [0.25, 0.3) is 11.9 Å². The molecular formula is C20H19F3N4O4S. The third-order valence-electron chi connectivity index (χ3n) is 4.42. The normalized spacial score (nSPS) is 12.1. The number of anilines is 2. The van der Waals surface area contributed by atoms with Gasteiger partial charge >= 0.3 is 16.4 Å². The first-order valence-corrected chi connectivity index (χ1v) is 10.6. The number of oxazole rings is 1. The maximum Gasteiger partial charge on any atom is 0.416 e. The van der Waals surface area contributed by atoms with Crippen molar-refractivity contribution in [3.63, 3.8) is 0 Å². The maximum atomic E-state index is 12.9. The molecule has 12 heteroatoms. The molecule has 3 aromatic rings. The van der Waals surface area contributed by atoms with Crippen molar-refractivity contribution in [2.45, 2.75) is 19.6 Å². The van der Waals surface area contributed by atoms with Gasteiger partial charge in [-0.25, -0.2) is 4.72 Å². The van der Waals surface area contributed by atoms with Gasteiger partial charge in [0.05, 0.1) is 5.56 Å². The van der Waals surface area contributed by atoms with E-state index in [-0.39, 0.29) is 23.9 Å². The van der Waals surface area contributed by atoms with Crippen LogP contribution < -0.4 is 10.0 Å². The van der Waals surface area contributed by atoms with E-state index in [1.165, 1.54) is 13.1 Å². The summed E-state index contributed by atoms with van der Waals surface area (Å²) in [5, 5.41) is 2.56. The number of carbonyl (C=O) groups excluding carboxylic acids is 1. The van der Waals surface area contributed by atoms with E-state index in [1.54, 1.807) is 37.3 Å². The molecule has 1 heterocycles. The van der Waals surface area contributed by atoms with Crippen LogP contribution in [0.15, 0.2) is 59.2 Å². The lowest BCUT2D eigenvalue weighted by atomic mass is 10.1. The molecule has 0 atom stereocenters. The van der Waals surface area contributed by atoms with Crippen LogP contribution in [0.5, 0.6) is 0 Å². The fraction of sp³-hybridized carbons (Fsp3) is 0.200. The number of aryl methyl sites for hydroxylation is 1. The number of nitrogens with one attached hydrogen (secondary N) is 2. The molecule has 0 bridgehead atoms. The molecule has 0 saturated heterocycles. The summed E-state index contributed by atoms with van der Waals surface area (Å²) in [5.74, 6) is -1.05. The summed E-state index contributed by atoms with van der Waals surface area (Å²) >= 11 is 0. The number of benzene rings is 2. The van der Waals surface area contributed by atoms with Gasteiger partial charge in [0.2, 0.25) is 0 Å². The number of nitrogens with zero attached hydrogens (tertiary/aromatic N) is 2. The summed E-state index contributed by atoms with van der Waals surface area (Å²) in [5.41, 5.74) is 0.0323. The summed E-state index contributed by atoms with van der Waals surface area (Å²) in [4.78, 5) is 16.1. The maximum absolute atomic E-state index is 12.9. The van der Waals surface area contributed by atoms with Gasteiger partial charge in [-0.15, -0.1) is 0 Å². The lowest BCUT2D eigenvalue weighted by Crippen LogP contribution is -2.41. The topological polar surface area (TPSA) is 105 Å². The minimum Gasteiger partial charge on any atom is -0.431 e. The van der Waals surface area contributed by atoms with Crippen molar-refractivity contribution in [1.82, 2.24) is 14.0 Å². The average Bonchev–Trinajstić information content (AvgIpc) is 3.18. The largest absolute Gasteiger partial charge is 0.431 e. The average molecular weight is 468 g/mol. The first-order chi connectivity index (χ1) is 15.0. The predicted molar refractivity (Wildman–Crippen MR) is 110 cm³/mol. The minimum absolute atomic E-state index is 0.0316. The summed E-state index contributed by atoms with van der Waals surface area (Å²) < 4.78 is 71.5. The summed E-state index contributed by atoms with van der Waals surface area (Å²) in [6, 6.07) is 11.6. The Bertz CT molecular complexity index is 1210. The van der Waals surface area contributed by atoms with Crippen molar-refractivity contribution < 1.29 is 30.8 Å². The Kier molecular flexibility index (Phi) is 6.55. The molecule has 1 aromatic heterocycles. The molecule has 0 saturated carbocycles. The van der Waals surface area contributed by atoms with E-state index in [9.17, 15) is 26.4 Å². The number of hydrogen-bond acceptors (Lipinski definition) is 6. The minimum atomic E-state index is -4.54. The molecule has 0 aliphatic heterocycles. The summed E-state index contributed by atoms with van der Waals surface area (Å²) in [6.07, 6.45) is -3.64. The Morgan fingerprint density at radius 2 is 1.84 bits per heavy atom. The van der Waals surface area contributed by atoms with Crippen LogP contribution in [0.4, 0.5) is 24.9 Å². The van der Waals surface area contributed by atoms with Crippen molar-refractivity contribution in [2.24, 2.45) is 0 Å². The first-order valence-electron chi connectivity index (χ1n) is 9.18. The van der Waals surface area contributed by atoms with Crippen LogP contribution in [0, 0.1) is 6.92 Å². The Morgan fingerprint density at radius 1 is 1.16 bits per heavy atom. The Hall–Kier alpha value is -3.38. The quantitative estimate of drug-likeness (QED) is 0.546. The number of halogens is 3. The molecule has 3 rings (SSSR count). The number of amides is 1. The smallest absolute Gasteiger partial charge is 0.416 e. The fourth-order valence-electron chi connectivity index (χ4n) is 2.66. The monoisotopic (exact) mass is 468 g/mol. The van der Waals surface area contributed by atoms with Gasteiger partial charge in [-0.2, -0.15) is 30.9 Å². The van der Waals surface area contributed by atoms with Crippen LogP contribution in [0.25, 0.3) is 0 Å². The zero-order chi connectivity index (χ0) is 23.5. The van der Waals surface area contributed by atoms with Gasteiger partial charge in [0, 0.05) is 19.3 Å². The van der Waals surface area contributed by atoms with Gasteiger partial charge in [0.15, 0.2) is 5.69 Å². The number of rotatable bonds is 7. The predicted octanol–water partition coefficient (Wildman–Crippen LogP) is 3.85. The Labute approximate surface area is 182 Å². The molecule has 32 heavy (non-hydrogen) atoms. The second-order valence-electron chi connectivity index (χ2n) is 6.87. The number of aromatic nitrogens is 1. The van der Waals surface area contributed by atoms with Crippen molar-refractivity contribution in [3.8, 4) is 0 Å². The van der Waals surface area contributed by atoms with E-state index in [2.05, 4.69) is 10.3 Å². The van der Waals surface area contributed by atoms with E-state index < -0.39 is 27.9 Å². The molecule has 0 unspecified atom stereocenters. The molecule has 0 spiro atoms. The van der Waals surface area contributed by atoms with Gasteiger partial charge in [0.1, 0.15) is 6.26 Å². The van der Waals surface area contributed by atoms with Gasteiger partial charge < -0.3 is 9.73 Å². The van der Waals surface area contributed by atoms with Crippen LogP contribution in [-0.2, 0) is 22.9 Å². The summed E-state index contributed by atoms with van der Waals surface area (Å²) in [7, 11) is -2.88. The lowest BCUT2D eigenvalue weighted by Gasteiger charge is -2.17. The van der Waals surface area contributed by atoms with Crippen molar-refractivity contribution in [2.75, 3.05) is 12.4 Å². The number of carbonyl (C=O) groups is 1. The van der Waals surface area contributed by atoms with E-state index in [0.29, 0.717) is 5.56 Å². The molecule has 1 amide bonds. The van der Waals surface area contributed by atoms with Crippen LogP contribution in [0.1, 0.15) is 27.2 Å². The molecule has 0 aliphatic carbocycles. The van der Waals surface area contributed by atoms with Gasteiger partial charge in [-0.1, -0.05) is 36.4 Å². The van der Waals surface area contributed by atoms with Crippen molar-refractivity contribution in [3.05, 3.63) is 77.2 Å². The molecule has 8 nitrogen and oxygen atoms in total. The molecular weight excluding hydrogens is 449 g/mol. The second-order valence-corrected chi connectivity index (χ2v) is 8.65. The van der Waals surface area contributed by atoms with Gasteiger partial charge in [-0.05, 0) is 30.2 Å². The van der Waals surface area contributed by atoms with E-state index in [4.69, 9.17) is 4.42 Å². The highest BCUT2D eigenvalue weighted by molar-refractivity contribution is 7.87. The van der Waals surface area contributed by atoms with E-state index in [1.807, 2.05) is 4.72 Å². The number of alkyl halides is 3. The lowest BCUT2D eigenvalue weighted by molar-refractivity contribution is -0.137. The molecule has 170 valence electrons. The zero-order valence-corrected chi connectivity index (χ0v) is 17.8. The molecule has 0 fully saturated rings. The fourth-order valence-corrected chi connectivity index (χ4v) is 3.47. The summed E-state index contributed by atoms with van der Waals surface area (Å²) in [6.45, 7) is 1.61. The third-order valence-corrected chi connectivity index (χ3v) is 5.82. The van der Waals surface area contributed by atoms with E-state index in [0.717, 1.165) is 28.3 Å².